The number of para-hydroxylation sites is 1. The molecule has 0 bridgehead atoms. The zero-order chi connectivity index (χ0) is 47.4. The number of nitrogens with zero attached hydrogens (tertiary/aromatic N) is 2. The number of phenolic OH excluding ortho intramolecular Hbond substituents is 2. The van der Waals surface area contributed by atoms with Crippen molar-refractivity contribution in [3.63, 3.8) is 0 Å². The second kappa shape index (κ2) is 32.3. The summed E-state index contributed by atoms with van der Waals surface area (Å²) < 4.78 is 0. The third kappa shape index (κ3) is 20.1. The van der Waals surface area contributed by atoms with E-state index in [0.29, 0.717) is 11.1 Å². The van der Waals surface area contributed by atoms with Crippen LogP contribution in [0, 0.1) is 13.8 Å². The quantitative estimate of drug-likeness (QED) is 0.0245. The molecule has 0 saturated heterocycles. The number of carboxylic acids is 2. The number of aliphatic imine (C=N–C) groups is 2. The Kier molecular flexibility index (Phi) is 28.6. The van der Waals surface area contributed by atoms with E-state index in [1.807, 2.05) is 0 Å². The van der Waals surface area contributed by atoms with E-state index in [1.54, 1.807) is 0 Å². The Hall–Kier alpha value is -5.41. The van der Waals surface area contributed by atoms with Gasteiger partial charge >= 0.3 is 28.4 Å². The minimum absolute atomic E-state index is 0. The molecule has 0 fully saturated rings. The van der Waals surface area contributed by atoms with Crippen molar-refractivity contribution in [2.24, 2.45) is 9.98 Å². The van der Waals surface area contributed by atoms with E-state index >= 15 is 0 Å². The van der Waals surface area contributed by atoms with Crippen LogP contribution in [-0.4, -0.2) is 43.8 Å². The molecule has 4 rings (SSSR count). The molecule has 0 atom stereocenters. The molecule has 4 N–H and O–H groups in total. The third-order valence-corrected chi connectivity index (χ3v) is 10.7. The van der Waals surface area contributed by atoms with Crippen molar-refractivity contribution in [1.29, 1.82) is 0 Å². The van der Waals surface area contributed by atoms with E-state index in [0.717, 1.165) is 56.3 Å². The molecule has 0 saturated carbocycles. The zero-order valence-corrected chi connectivity index (χ0v) is 40.6. The minimum atomic E-state index is -1.31. The first kappa shape index (κ1) is 57.6. The van der Waals surface area contributed by atoms with Gasteiger partial charge in [0.1, 0.15) is 11.5 Å². The second-order valence-corrected chi connectivity index (χ2v) is 16.1. The topological polar surface area (TPSA) is 186 Å². The van der Waals surface area contributed by atoms with Crippen molar-refractivity contribution < 1.29 is 56.7 Å². The Morgan fingerprint density at radius 1 is 0.554 bits per heavy atom. The predicted molar refractivity (Wildman–Crippen MR) is 259 cm³/mol. The molecule has 0 spiro atoms. The second-order valence-electron chi connectivity index (χ2n) is 16.1. The fourth-order valence-corrected chi connectivity index (χ4v) is 6.93. The van der Waals surface area contributed by atoms with Crippen LogP contribution in [0.3, 0.4) is 0 Å². The normalized spacial score (nSPS) is 11.3. The molecule has 10 nitrogen and oxygen atoms in total. The molecule has 4 aromatic carbocycles. The Balaban J connectivity index is 0.000000680. The summed E-state index contributed by atoms with van der Waals surface area (Å²) in [5, 5.41) is 56.9. The van der Waals surface area contributed by atoms with Crippen LogP contribution in [0.4, 0.5) is 11.4 Å². The number of hydrogen-bond donors (Lipinski definition) is 4. The summed E-state index contributed by atoms with van der Waals surface area (Å²) in [6.45, 7) is 14.4. The Labute approximate surface area is 398 Å². The smallest absolute Gasteiger partial charge is 0.869 e. The molecule has 0 radical (unpaired) electrons. The van der Waals surface area contributed by atoms with E-state index < -0.39 is 34.9 Å². The van der Waals surface area contributed by atoms with Crippen LogP contribution in [0.1, 0.15) is 173 Å². The maximum atomic E-state index is 11.0. The van der Waals surface area contributed by atoms with Gasteiger partial charge in [0.25, 0.3) is 0 Å². The molecule has 11 heteroatoms. The molecule has 0 heterocycles. The van der Waals surface area contributed by atoms with E-state index in [-0.39, 0.29) is 27.6 Å². The van der Waals surface area contributed by atoms with Gasteiger partial charge in [0.15, 0.2) is 0 Å². The Morgan fingerprint density at radius 3 is 1.52 bits per heavy atom. The molecule has 0 aliphatic carbocycles. The largest absolute Gasteiger partial charge is 2.00 e. The number of aromatic hydroxyl groups is 2. The summed E-state index contributed by atoms with van der Waals surface area (Å²) in [5.74, 6) is -5.34. The first-order chi connectivity index (χ1) is 30.7. The molecule has 4 aromatic rings. The van der Waals surface area contributed by atoms with Crippen molar-refractivity contribution in [3.8, 4) is 23.0 Å². The molecule has 0 amide bonds. The maximum absolute atomic E-state index is 11.0. The molecule has 356 valence electrons. The van der Waals surface area contributed by atoms with Gasteiger partial charge in [0.2, 0.25) is 0 Å². The van der Waals surface area contributed by atoms with Crippen LogP contribution in [-0.2, 0) is 35.8 Å². The standard InChI is InChI=1S/C38H58N2.2C8H8O4.Ni/c1-6-11-16-17-18-19-24-33-25-20-21-28-36(33)40-38(27-15-10-5)37(26-14-9-4)39-35-30-29-32(22-12-7-2)34(31-35)23-13-8-3;2*1-4-2-3-5(9)7(10)6(4)8(11)12;/h16-17,20-21,25,28-31H,6-15,18-19,22-24,26-27H2,1-5H3;2*2-3,9-10H,1H3,(H,11,12);/q;;;+2/p-2. The maximum Gasteiger partial charge on any atom is 2.00 e. The number of hydrogen-bond acceptors (Lipinski definition) is 8. The summed E-state index contributed by atoms with van der Waals surface area (Å²) in [6, 6.07) is 20.9. The first-order valence-corrected chi connectivity index (χ1v) is 23.2. The summed E-state index contributed by atoms with van der Waals surface area (Å²) in [4.78, 5) is 31.7. The number of aromatic carboxylic acids is 2. The molecule has 0 unspecified atom stereocenters. The number of carboxylic acid groups (broad SMARTS) is 2. The summed E-state index contributed by atoms with van der Waals surface area (Å²) in [5.41, 5.74) is 8.96. The van der Waals surface area contributed by atoms with Crippen molar-refractivity contribution in [3.05, 3.63) is 118 Å². The molecule has 0 aliphatic heterocycles. The van der Waals surface area contributed by atoms with E-state index in [4.69, 9.17) is 30.4 Å². The zero-order valence-electron chi connectivity index (χ0n) is 39.7. The van der Waals surface area contributed by atoms with Gasteiger partial charge in [-0.2, -0.15) is 0 Å². The monoisotopic (exact) mass is 934 g/mol. The average Bonchev–Trinajstić information content (AvgIpc) is 3.27. The predicted octanol–water partition coefficient (Wildman–Crippen LogP) is 13.2. The fourth-order valence-electron chi connectivity index (χ4n) is 6.93. The van der Waals surface area contributed by atoms with Gasteiger partial charge in [0.05, 0.1) is 33.9 Å². The Bertz CT molecular complexity index is 2090. The van der Waals surface area contributed by atoms with Crippen LogP contribution < -0.4 is 10.2 Å². The Morgan fingerprint density at radius 2 is 1.03 bits per heavy atom. The van der Waals surface area contributed by atoms with Gasteiger partial charge in [-0.3, -0.25) is 9.98 Å². The number of allylic oxidation sites excluding steroid dienone is 2. The van der Waals surface area contributed by atoms with Crippen molar-refractivity contribution in [1.82, 2.24) is 0 Å². The fraction of sp³-hybridized carbons (Fsp3) is 0.444. The van der Waals surface area contributed by atoms with E-state index in [9.17, 15) is 19.8 Å². The first-order valence-electron chi connectivity index (χ1n) is 23.2. The number of aryl methyl sites for hydroxylation is 5. The van der Waals surface area contributed by atoms with Gasteiger partial charge in [0, 0.05) is 0 Å². The van der Waals surface area contributed by atoms with Crippen LogP contribution in [0.5, 0.6) is 23.0 Å². The molecular weight excluding hydrogens is 863 g/mol. The summed E-state index contributed by atoms with van der Waals surface area (Å²) in [7, 11) is 0. The van der Waals surface area contributed by atoms with Gasteiger partial charge in [-0.1, -0.05) is 127 Å². The van der Waals surface area contributed by atoms with Crippen molar-refractivity contribution >= 4 is 34.7 Å². The molecule has 0 aliphatic rings. The average molecular weight is 936 g/mol. The van der Waals surface area contributed by atoms with Crippen LogP contribution in [0.25, 0.3) is 0 Å². The minimum Gasteiger partial charge on any atom is -0.869 e. The third-order valence-electron chi connectivity index (χ3n) is 10.7. The number of unbranched alkanes of at least 4 members (excludes halogenated alkanes) is 6. The SMILES string of the molecule is CCCC=CCCCc1ccccc1N=C(CCCC)C(CCCC)=Nc1ccc(CCCC)c(CCCC)c1.Cc1ccc(O)c([O-])c1C(=O)O.Cc1ccc(O)c([O-])c1C(=O)O.[Ni+2]. The summed E-state index contributed by atoms with van der Waals surface area (Å²) in [6.07, 6.45) is 24.3. The van der Waals surface area contributed by atoms with Gasteiger partial charge in [-0.25, -0.2) is 9.59 Å². The van der Waals surface area contributed by atoms with Crippen molar-refractivity contribution in [2.75, 3.05) is 0 Å². The summed E-state index contributed by atoms with van der Waals surface area (Å²) >= 11 is 0. The van der Waals surface area contributed by atoms with Crippen LogP contribution >= 0.6 is 0 Å². The van der Waals surface area contributed by atoms with Crippen LogP contribution in [0.15, 0.2) is 88.9 Å². The van der Waals surface area contributed by atoms with Gasteiger partial charge < -0.3 is 30.6 Å². The van der Waals surface area contributed by atoms with Gasteiger partial charge in [-0.05, 0) is 149 Å². The number of phenols is 2. The van der Waals surface area contributed by atoms with E-state index in [1.165, 1.54) is 130 Å². The number of benzene rings is 4. The number of carbonyl (C=O) groups is 2. The van der Waals surface area contributed by atoms with E-state index in [2.05, 4.69) is 89.2 Å². The van der Waals surface area contributed by atoms with Crippen LogP contribution in [0.2, 0.25) is 0 Å². The molecular formula is C54H72N2NiO8. The number of rotatable bonds is 23. The molecule has 65 heavy (non-hydrogen) atoms. The van der Waals surface area contributed by atoms with Crippen molar-refractivity contribution in [2.45, 2.75) is 158 Å². The molecule has 0 aromatic heterocycles. The van der Waals surface area contributed by atoms with Gasteiger partial charge in [-0.15, -0.1) is 0 Å².